The van der Waals surface area contributed by atoms with Crippen LogP contribution in [0.4, 0.5) is 13.2 Å². The lowest BCUT2D eigenvalue weighted by molar-refractivity contribution is -0.124. The van der Waals surface area contributed by atoms with Crippen molar-refractivity contribution >= 4 is 0 Å². The number of alkyl halides is 3. The third kappa shape index (κ3) is 4.32. The first kappa shape index (κ1) is 13.5. The van der Waals surface area contributed by atoms with Gasteiger partial charge in [-0.3, -0.25) is 0 Å². The van der Waals surface area contributed by atoms with Crippen LogP contribution in [0.25, 0.3) is 11.4 Å². The quantitative estimate of drug-likeness (QED) is 0.837. The maximum Gasteiger partial charge on any atom is 0.401 e. The summed E-state index contributed by atoms with van der Waals surface area (Å²) in [4.78, 5) is 1.27. The molecule has 1 heterocycles. The average Bonchev–Trinajstić information content (AvgIpc) is 2.83. The number of halogens is 3. The summed E-state index contributed by atoms with van der Waals surface area (Å²) in [5.41, 5.74) is 0.817. The Balaban J connectivity index is 1.85. The molecule has 2 aromatic rings. The Morgan fingerprint density at radius 1 is 1.16 bits per heavy atom. The first-order chi connectivity index (χ1) is 9.04. The maximum absolute atomic E-state index is 11.9. The molecular weight excluding hydrogens is 259 g/mol. The van der Waals surface area contributed by atoms with Crippen LogP contribution in [0.15, 0.2) is 30.3 Å². The summed E-state index contributed by atoms with van der Waals surface area (Å²) < 4.78 is 35.7. The molecule has 1 aromatic heterocycles. The molecule has 0 aliphatic carbocycles. The number of aromatic nitrogens is 4. The topological polar surface area (TPSA) is 55.6 Å². The number of benzene rings is 1. The Morgan fingerprint density at radius 3 is 2.58 bits per heavy atom. The number of hydrogen-bond donors (Lipinski definition) is 1. The minimum atomic E-state index is -4.20. The molecule has 0 atom stereocenters. The molecule has 0 saturated heterocycles. The molecule has 0 spiro atoms. The molecule has 19 heavy (non-hydrogen) atoms. The SMILES string of the molecule is FC(F)(F)CNCCn1nnc(-c2ccccc2)n1. The highest BCUT2D eigenvalue weighted by atomic mass is 19.4. The molecule has 0 fully saturated rings. The van der Waals surface area contributed by atoms with Crippen LogP contribution in [0.3, 0.4) is 0 Å². The zero-order chi connectivity index (χ0) is 13.7. The molecule has 0 aliphatic heterocycles. The van der Waals surface area contributed by atoms with Crippen molar-refractivity contribution < 1.29 is 13.2 Å². The van der Waals surface area contributed by atoms with Gasteiger partial charge in [-0.05, 0) is 5.21 Å². The predicted octanol–water partition coefficient (Wildman–Crippen LogP) is 1.49. The molecule has 8 heteroatoms. The van der Waals surface area contributed by atoms with E-state index < -0.39 is 12.7 Å². The van der Waals surface area contributed by atoms with Gasteiger partial charge in [0.25, 0.3) is 0 Å². The van der Waals surface area contributed by atoms with Gasteiger partial charge in [-0.15, -0.1) is 10.2 Å². The van der Waals surface area contributed by atoms with Crippen molar-refractivity contribution in [3.8, 4) is 11.4 Å². The molecule has 5 nitrogen and oxygen atoms in total. The summed E-state index contributed by atoms with van der Waals surface area (Å²) in [6.07, 6.45) is -4.20. The highest BCUT2D eigenvalue weighted by Crippen LogP contribution is 2.12. The van der Waals surface area contributed by atoms with Gasteiger partial charge in [0.2, 0.25) is 5.82 Å². The smallest absolute Gasteiger partial charge is 0.307 e. The van der Waals surface area contributed by atoms with E-state index in [0.29, 0.717) is 5.82 Å². The molecular formula is C11H12F3N5. The van der Waals surface area contributed by atoms with Gasteiger partial charge in [-0.2, -0.15) is 18.0 Å². The van der Waals surface area contributed by atoms with Gasteiger partial charge in [-0.25, -0.2) is 0 Å². The lowest BCUT2D eigenvalue weighted by atomic mass is 10.2. The first-order valence-corrected chi connectivity index (χ1v) is 5.65. The van der Waals surface area contributed by atoms with E-state index in [9.17, 15) is 13.2 Å². The maximum atomic E-state index is 11.9. The van der Waals surface area contributed by atoms with Crippen LogP contribution in [-0.2, 0) is 6.54 Å². The summed E-state index contributed by atoms with van der Waals surface area (Å²) in [5, 5.41) is 14.0. The minimum absolute atomic E-state index is 0.129. The first-order valence-electron chi connectivity index (χ1n) is 5.65. The van der Waals surface area contributed by atoms with Gasteiger partial charge in [0, 0.05) is 12.1 Å². The van der Waals surface area contributed by atoms with Crippen LogP contribution in [0.1, 0.15) is 0 Å². The van der Waals surface area contributed by atoms with E-state index in [1.165, 1.54) is 4.80 Å². The van der Waals surface area contributed by atoms with E-state index in [1.54, 1.807) is 0 Å². The highest BCUT2D eigenvalue weighted by molar-refractivity contribution is 5.52. The van der Waals surface area contributed by atoms with Crippen LogP contribution in [0.2, 0.25) is 0 Å². The number of tetrazole rings is 1. The van der Waals surface area contributed by atoms with Gasteiger partial charge in [0.1, 0.15) is 0 Å². The van der Waals surface area contributed by atoms with E-state index in [1.807, 2.05) is 30.3 Å². The van der Waals surface area contributed by atoms with Crippen LogP contribution in [0, 0.1) is 0 Å². The third-order valence-corrected chi connectivity index (χ3v) is 2.30. The molecule has 1 N–H and O–H groups in total. The summed E-state index contributed by atoms with van der Waals surface area (Å²) in [6, 6.07) is 9.24. The van der Waals surface area contributed by atoms with Crippen LogP contribution in [-0.4, -0.2) is 39.5 Å². The highest BCUT2D eigenvalue weighted by Gasteiger charge is 2.25. The van der Waals surface area contributed by atoms with Crippen LogP contribution < -0.4 is 5.32 Å². The van der Waals surface area contributed by atoms with E-state index in [4.69, 9.17) is 0 Å². The van der Waals surface area contributed by atoms with Crippen molar-refractivity contribution in [2.45, 2.75) is 12.7 Å². The fraction of sp³-hybridized carbons (Fsp3) is 0.364. The zero-order valence-electron chi connectivity index (χ0n) is 9.93. The normalized spacial score (nSPS) is 11.7. The van der Waals surface area contributed by atoms with Crippen molar-refractivity contribution in [2.75, 3.05) is 13.1 Å². The number of hydrogen-bond acceptors (Lipinski definition) is 4. The standard InChI is InChI=1S/C11H12F3N5/c12-11(13,14)8-15-6-7-19-17-10(16-18-19)9-4-2-1-3-5-9/h1-5,15H,6-8H2. The Bertz CT molecular complexity index is 509. The molecule has 1 aromatic carbocycles. The third-order valence-electron chi connectivity index (χ3n) is 2.30. The Labute approximate surface area is 107 Å². The Hall–Kier alpha value is -1.96. The average molecular weight is 271 g/mol. The molecule has 0 saturated carbocycles. The fourth-order valence-corrected chi connectivity index (χ4v) is 1.45. The molecule has 102 valence electrons. The van der Waals surface area contributed by atoms with E-state index in [0.717, 1.165) is 5.56 Å². The summed E-state index contributed by atoms with van der Waals surface area (Å²) in [5.74, 6) is 0.455. The van der Waals surface area contributed by atoms with Crippen molar-refractivity contribution in [3.05, 3.63) is 30.3 Å². The van der Waals surface area contributed by atoms with E-state index in [-0.39, 0.29) is 13.1 Å². The van der Waals surface area contributed by atoms with Gasteiger partial charge < -0.3 is 5.32 Å². The van der Waals surface area contributed by atoms with Crippen molar-refractivity contribution in [2.24, 2.45) is 0 Å². The monoisotopic (exact) mass is 271 g/mol. The Morgan fingerprint density at radius 2 is 1.89 bits per heavy atom. The van der Waals surface area contributed by atoms with Crippen LogP contribution >= 0.6 is 0 Å². The van der Waals surface area contributed by atoms with Gasteiger partial charge in [0.15, 0.2) is 0 Å². The molecule has 0 aliphatic rings. The van der Waals surface area contributed by atoms with Gasteiger partial charge in [0.05, 0.1) is 13.1 Å². The molecule has 0 radical (unpaired) electrons. The largest absolute Gasteiger partial charge is 0.401 e. The lowest BCUT2D eigenvalue weighted by Gasteiger charge is -2.06. The van der Waals surface area contributed by atoms with Gasteiger partial charge >= 0.3 is 6.18 Å². The Kier molecular flexibility index (Phi) is 4.10. The fourth-order valence-electron chi connectivity index (χ4n) is 1.45. The summed E-state index contributed by atoms with van der Waals surface area (Å²) in [7, 11) is 0. The van der Waals surface area contributed by atoms with Crippen molar-refractivity contribution in [1.82, 2.24) is 25.5 Å². The van der Waals surface area contributed by atoms with Crippen LogP contribution in [0.5, 0.6) is 0 Å². The second-order valence-electron chi connectivity index (χ2n) is 3.87. The van der Waals surface area contributed by atoms with Gasteiger partial charge in [-0.1, -0.05) is 30.3 Å². The predicted molar refractivity (Wildman–Crippen MR) is 62.2 cm³/mol. The van der Waals surface area contributed by atoms with E-state index >= 15 is 0 Å². The van der Waals surface area contributed by atoms with Crippen molar-refractivity contribution in [3.63, 3.8) is 0 Å². The molecule has 0 amide bonds. The molecule has 0 unspecified atom stereocenters. The number of rotatable bonds is 5. The molecule has 2 rings (SSSR count). The second kappa shape index (κ2) is 5.79. The second-order valence-corrected chi connectivity index (χ2v) is 3.87. The summed E-state index contributed by atoms with van der Waals surface area (Å²) in [6.45, 7) is -0.659. The number of nitrogens with zero attached hydrogens (tertiary/aromatic N) is 4. The zero-order valence-corrected chi connectivity index (χ0v) is 9.93. The molecule has 0 bridgehead atoms. The van der Waals surface area contributed by atoms with E-state index in [2.05, 4.69) is 20.7 Å². The summed E-state index contributed by atoms with van der Waals surface area (Å²) >= 11 is 0. The van der Waals surface area contributed by atoms with Crippen molar-refractivity contribution in [1.29, 1.82) is 0 Å². The minimum Gasteiger partial charge on any atom is -0.307 e. The lowest BCUT2D eigenvalue weighted by Crippen LogP contribution is -2.31. The number of nitrogens with one attached hydrogen (secondary N) is 1.